The van der Waals surface area contributed by atoms with Gasteiger partial charge in [0.2, 0.25) is 5.88 Å². The third-order valence-corrected chi connectivity index (χ3v) is 8.05. The minimum Gasteiger partial charge on any atom is -0.475 e. The van der Waals surface area contributed by atoms with Gasteiger partial charge in [0.15, 0.2) is 11.6 Å². The van der Waals surface area contributed by atoms with Crippen LogP contribution >= 0.6 is 0 Å². The summed E-state index contributed by atoms with van der Waals surface area (Å²) in [5.41, 5.74) is 5.88. The van der Waals surface area contributed by atoms with Crippen molar-refractivity contribution in [2.75, 3.05) is 36.1 Å². The van der Waals surface area contributed by atoms with E-state index in [1.165, 1.54) is 18.4 Å². The van der Waals surface area contributed by atoms with Gasteiger partial charge < -0.3 is 19.1 Å². The Bertz CT molecular complexity index is 1590. The summed E-state index contributed by atoms with van der Waals surface area (Å²) in [7, 11) is 0. The first-order valence-corrected chi connectivity index (χ1v) is 15.3. The number of aromatic nitrogens is 3. The molecule has 3 aromatic rings. The number of rotatable bonds is 5. The molecule has 0 aromatic carbocycles. The van der Waals surface area contributed by atoms with Gasteiger partial charge in [-0.05, 0) is 75.8 Å². The van der Waals surface area contributed by atoms with Gasteiger partial charge in [-0.25, -0.2) is 9.97 Å². The first-order valence-electron chi connectivity index (χ1n) is 15.3. The van der Waals surface area contributed by atoms with Crippen LogP contribution < -0.4 is 14.5 Å². The van der Waals surface area contributed by atoms with E-state index in [9.17, 15) is 4.79 Å². The van der Waals surface area contributed by atoms with Gasteiger partial charge >= 0.3 is 5.91 Å². The average Bonchev–Trinajstić information content (AvgIpc) is 3.68. The largest absolute Gasteiger partial charge is 0.475 e. The van der Waals surface area contributed by atoms with Crippen molar-refractivity contribution in [1.82, 2.24) is 15.0 Å². The van der Waals surface area contributed by atoms with Crippen molar-refractivity contribution in [1.29, 1.82) is 0 Å². The van der Waals surface area contributed by atoms with Crippen LogP contribution in [0, 0.1) is 18.8 Å². The fourth-order valence-corrected chi connectivity index (χ4v) is 5.93. The van der Waals surface area contributed by atoms with Gasteiger partial charge in [0, 0.05) is 57.1 Å². The zero-order chi connectivity index (χ0) is 30.1. The Kier molecular flexibility index (Phi) is 8.08. The summed E-state index contributed by atoms with van der Waals surface area (Å²) in [4.78, 5) is 31.7. The number of carbonyl (C=O) groups is 1. The van der Waals surface area contributed by atoms with Gasteiger partial charge in [-0.2, -0.15) is 0 Å². The highest BCUT2D eigenvalue weighted by molar-refractivity contribution is 6.08. The lowest BCUT2D eigenvalue weighted by atomic mass is 10.0. The number of amides is 1. The highest BCUT2D eigenvalue weighted by Gasteiger charge is 2.41. The molecule has 7 rings (SSSR count). The highest BCUT2D eigenvalue weighted by atomic mass is 16.7. The SMILES string of the molecule is CC.Cc1cc(-c2nc3c(cc2C2CC2)N2CCC(C2)N3C(=O)C#Cc2ccnc(OC[C@H]3COC(C)(C)O3)c2)ccn1.[HH].[HH]. The number of carbonyl (C=O) groups excluding carboxylic acids is 1. The van der Waals surface area contributed by atoms with Crippen LogP contribution in [0.25, 0.3) is 11.3 Å². The molecule has 6 heterocycles. The number of fused-ring (bicyclic) bond motifs is 4. The van der Waals surface area contributed by atoms with Gasteiger partial charge in [0.05, 0.1) is 24.0 Å². The van der Waals surface area contributed by atoms with E-state index >= 15 is 0 Å². The van der Waals surface area contributed by atoms with Crippen molar-refractivity contribution >= 4 is 17.4 Å². The fourth-order valence-electron chi connectivity index (χ4n) is 5.93. The Labute approximate surface area is 256 Å². The lowest BCUT2D eigenvalue weighted by molar-refractivity contribution is -0.141. The molecule has 1 unspecified atom stereocenters. The summed E-state index contributed by atoms with van der Waals surface area (Å²) in [6.07, 6.45) is 6.53. The normalized spacial score (nSPS) is 21.3. The molecule has 43 heavy (non-hydrogen) atoms. The number of pyridine rings is 3. The van der Waals surface area contributed by atoms with E-state index in [1.54, 1.807) is 18.3 Å². The Hall–Kier alpha value is -4.00. The van der Waals surface area contributed by atoms with Crippen LogP contribution in [0.3, 0.4) is 0 Å². The van der Waals surface area contributed by atoms with Crippen molar-refractivity contribution in [3.8, 4) is 29.0 Å². The fraction of sp³-hybridized carbons (Fsp3) is 0.471. The van der Waals surface area contributed by atoms with Gasteiger partial charge in [-0.1, -0.05) is 19.8 Å². The molecule has 2 atom stereocenters. The molecule has 4 aliphatic rings. The summed E-state index contributed by atoms with van der Waals surface area (Å²) in [6, 6.07) is 9.91. The Morgan fingerprint density at radius 3 is 2.70 bits per heavy atom. The quantitative estimate of drug-likeness (QED) is 0.350. The van der Waals surface area contributed by atoms with E-state index in [1.807, 2.05) is 51.8 Å². The Morgan fingerprint density at radius 1 is 1.14 bits per heavy atom. The van der Waals surface area contributed by atoms with E-state index in [2.05, 4.69) is 38.8 Å². The van der Waals surface area contributed by atoms with Gasteiger partial charge in [-0.15, -0.1) is 0 Å². The van der Waals surface area contributed by atoms with E-state index in [4.69, 9.17) is 19.2 Å². The second-order valence-electron chi connectivity index (χ2n) is 11.7. The number of hydrogen-bond acceptors (Lipinski definition) is 8. The maximum atomic E-state index is 13.7. The van der Waals surface area contributed by atoms with Gasteiger partial charge in [0.25, 0.3) is 0 Å². The Morgan fingerprint density at radius 2 is 1.95 bits per heavy atom. The molecule has 3 aliphatic heterocycles. The molecule has 0 radical (unpaired) electrons. The third-order valence-electron chi connectivity index (χ3n) is 8.05. The first-order chi connectivity index (χ1) is 20.8. The van der Waals surface area contributed by atoms with Gasteiger partial charge in [-0.3, -0.25) is 14.7 Å². The molecule has 1 amide bonds. The number of aryl methyl sites for hydroxylation is 1. The van der Waals surface area contributed by atoms with Crippen LogP contribution in [0.1, 0.15) is 72.5 Å². The molecule has 2 bridgehead atoms. The van der Waals surface area contributed by atoms with Crippen LogP contribution in [0.2, 0.25) is 0 Å². The molecule has 0 spiro atoms. The van der Waals surface area contributed by atoms with Crippen LogP contribution in [0.5, 0.6) is 5.88 Å². The zero-order valence-corrected chi connectivity index (χ0v) is 25.6. The number of ether oxygens (including phenoxy) is 3. The Balaban J connectivity index is 0.00000113. The second kappa shape index (κ2) is 11.9. The molecule has 3 fully saturated rings. The first kappa shape index (κ1) is 29.1. The number of nitrogens with zero attached hydrogens (tertiary/aromatic N) is 5. The second-order valence-corrected chi connectivity index (χ2v) is 11.7. The van der Waals surface area contributed by atoms with Crippen molar-refractivity contribution in [3.05, 3.63) is 59.5 Å². The van der Waals surface area contributed by atoms with E-state index < -0.39 is 5.79 Å². The molecule has 1 saturated carbocycles. The summed E-state index contributed by atoms with van der Waals surface area (Å²) in [5.74, 6) is 6.72. The van der Waals surface area contributed by atoms with Gasteiger partial charge in [0.1, 0.15) is 12.7 Å². The van der Waals surface area contributed by atoms with Crippen molar-refractivity contribution in [2.24, 2.45) is 0 Å². The molecule has 1 aliphatic carbocycles. The summed E-state index contributed by atoms with van der Waals surface area (Å²) < 4.78 is 17.2. The van der Waals surface area contributed by atoms with E-state index in [-0.39, 0.29) is 20.9 Å². The van der Waals surface area contributed by atoms with E-state index in [0.29, 0.717) is 36.4 Å². The zero-order valence-electron chi connectivity index (χ0n) is 25.6. The minimum absolute atomic E-state index is 0. The topological polar surface area (TPSA) is 89.9 Å². The number of hydrogen-bond donors (Lipinski definition) is 0. The predicted molar refractivity (Wildman–Crippen MR) is 169 cm³/mol. The van der Waals surface area contributed by atoms with Crippen LogP contribution in [0.4, 0.5) is 11.5 Å². The standard InChI is InChI=1S/C32H33N5O4.C2H6.2H2/c1-20-14-23(9-12-33-20)30-26(22-5-6-22)16-27-31(35-30)37(24-10-13-36(27)17-24)29(38)7-4-21-8-11-34-28(15-21)39-18-25-19-40-32(2,3)41-25;1-2;;/h8-9,11-12,14-16,22,24-25H,5-6,10,13,17-19H2,1-3H3;1-2H3;2*1H/t24?,25-;;;/m0.../s1. The molecule has 9 nitrogen and oxygen atoms in total. The smallest absolute Gasteiger partial charge is 0.304 e. The number of anilines is 2. The summed E-state index contributed by atoms with van der Waals surface area (Å²) in [6.45, 7) is 12.3. The third kappa shape index (κ3) is 6.22. The van der Waals surface area contributed by atoms with Crippen LogP contribution in [0.15, 0.2) is 42.7 Å². The maximum absolute atomic E-state index is 13.7. The molecule has 0 N–H and O–H groups in total. The monoisotopic (exact) mass is 585 g/mol. The van der Waals surface area contributed by atoms with E-state index in [0.717, 1.165) is 42.1 Å². The van der Waals surface area contributed by atoms with Crippen LogP contribution in [-0.4, -0.2) is 65.1 Å². The van der Waals surface area contributed by atoms with Crippen molar-refractivity contribution in [2.45, 2.75) is 77.7 Å². The molecule has 2 saturated heterocycles. The molecule has 9 heteroatoms. The van der Waals surface area contributed by atoms with Crippen molar-refractivity contribution in [3.63, 3.8) is 0 Å². The van der Waals surface area contributed by atoms with Crippen LogP contribution in [-0.2, 0) is 14.3 Å². The lowest BCUT2D eigenvalue weighted by Gasteiger charge is -2.35. The molecule has 228 valence electrons. The maximum Gasteiger partial charge on any atom is 0.304 e. The summed E-state index contributed by atoms with van der Waals surface area (Å²) >= 11 is 0. The lowest BCUT2D eigenvalue weighted by Crippen LogP contribution is -2.46. The minimum atomic E-state index is -0.606. The van der Waals surface area contributed by atoms with Crippen molar-refractivity contribution < 1.29 is 21.9 Å². The highest BCUT2D eigenvalue weighted by Crippen LogP contribution is 2.49. The molecule has 3 aromatic heterocycles. The predicted octanol–water partition coefficient (Wildman–Crippen LogP) is 5.75. The molecular weight excluding hydrogens is 542 g/mol. The summed E-state index contributed by atoms with van der Waals surface area (Å²) in [5, 5.41) is 0. The average molecular weight is 586 g/mol. The molecular formula is C34H43N5O4.